The summed E-state index contributed by atoms with van der Waals surface area (Å²) in [7, 11) is 1.77. The summed E-state index contributed by atoms with van der Waals surface area (Å²) in [5.41, 5.74) is 4.29. The van der Waals surface area contributed by atoms with Gasteiger partial charge in [-0.3, -0.25) is 10.4 Å². The molecule has 0 spiro atoms. The Bertz CT molecular complexity index is 225. The molecule has 3 nitrogen and oxygen atoms in total. The molecule has 0 aromatic carbocycles. The first-order chi connectivity index (χ1) is 5.54. The van der Waals surface area contributed by atoms with E-state index in [1.54, 1.807) is 18.8 Å². The van der Waals surface area contributed by atoms with Crippen molar-refractivity contribution in [3.63, 3.8) is 0 Å². The van der Waals surface area contributed by atoms with Gasteiger partial charge in [0.05, 0.1) is 5.71 Å². The maximum absolute atomic E-state index is 4.27. The molecule has 0 unspecified atom stereocenters. The van der Waals surface area contributed by atoms with E-state index in [1.165, 1.54) is 5.71 Å². The molecule has 68 valence electrons. The molecule has 0 bridgehead atoms. The van der Waals surface area contributed by atoms with Gasteiger partial charge < -0.3 is 0 Å². The van der Waals surface area contributed by atoms with E-state index in [2.05, 4.69) is 36.3 Å². The third-order valence-corrected chi connectivity index (χ3v) is 2.67. The monoisotopic (exact) mass is 185 g/mol. The number of nitrogens with one attached hydrogen (secondary N) is 1. The number of hydrogen-bond donors (Lipinski definition) is 1. The molecule has 12 heavy (non-hydrogen) atoms. The lowest BCUT2D eigenvalue weighted by atomic mass is 9.91. The zero-order valence-electron chi connectivity index (χ0n) is 8.01. The molecule has 0 aromatic rings. The topological polar surface area (TPSA) is 36.8 Å². The van der Waals surface area contributed by atoms with Gasteiger partial charge in [0.2, 0.25) is 0 Å². The fraction of sp³-hybridized carbons (Fsp3) is 0.750. The van der Waals surface area contributed by atoms with E-state index >= 15 is 0 Å². The number of hydrogen-bond acceptors (Lipinski definition) is 3. The molecule has 0 atom stereocenters. The second-order valence-electron chi connectivity index (χ2n) is 3.74. The first-order valence-electron chi connectivity index (χ1n) is 3.96. The van der Waals surface area contributed by atoms with Crippen LogP contribution in [0.1, 0.15) is 20.8 Å². The highest BCUT2D eigenvalue weighted by Gasteiger charge is 2.22. The first-order valence-corrected chi connectivity index (χ1v) is 4.95. The van der Waals surface area contributed by atoms with Crippen LogP contribution in [0.3, 0.4) is 0 Å². The summed E-state index contributed by atoms with van der Waals surface area (Å²) in [6, 6.07) is 0. The highest BCUT2D eigenvalue weighted by Crippen LogP contribution is 2.21. The molecule has 1 aliphatic rings. The minimum atomic E-state index is 0.166. The summed E-state index contributed by atoms with van der Waals surface area (Å²) >= 11 is 1.71. The van der Waals surface area contributed by atoms with Crippen LogP contribution in [-0.4, -0.2) is 23.7 Å². The van der Waals surface area contributed by atoms with Crippen molar-refractivity contribution in [2.75, 3.05) is 12.8 Å². The largest absolute Gasteiger partial charge is 0.265 e. The molecular formula is C8H15N3S. The second-order valence-corrected chi connectivity index (χ2v) is 4.70. The minimum Gasteiger partial charge on any atom is -0.265 e. The summed E-state index contributed by atoms with van der Waals surface area (Å²) in [6.45, 7) is 6.51. The highest BCUT2D eigenvalue weighted by atomic mass is 32.2. The van der Waals surface area contributed by atoms with Gasteiger partial charge in [0, 0.05) is 18.2 Å². The van der Waals surface area contributed by atoms with Crippen LogP contribution in [0, 0.1) is 5.41 Å². The van der Waals surface area contributed by atoms with Crippen molar-refractivity contribution in [1.29, 1.82) is 0 Å². The summed E-state index contributed by atoms with van der Waals surface area (Å²) < 4.78 is 0. The average Bonchev–Trinajstić information content (AvgIpc) is 2.03. The normalized spacial score (nSPS) is 22.0. The minimum absolute atomic E-state index is 0.166. The Balaban J connectivity index is 2.68. The Kier molecular flexibility index (Phi) is 2.77. The van der Waals surface area contributed by atoms with E-state index in [1.807, 2.05) is 0 Å². The van der Waals surface area contributed by atoms with Crippen molar-refractivity contribution < 1.29 is 0 Å². The zero-order valence-corrected chi connectivity index (χ0v) is 8.83. The molecule has 1 N–H and O–H groups in total. The van der Waals surface area contributed by atoms with Gasteiger partial charge in [0.1, 0.15) is 0 Å². The van der Waals surface area contributed by atoms with E-state index < -0.39 is 0 Å². The summed E-state index contributed by atoms with van der Waals surface area (Å²) in [5.74, 6) is 0.948. The fourth-order valence-corrected chi connectivity index (χ4v) is 1.83. The van der Waals surface area contributed by atoms with Gasteiger partial charge in [-0.15, -0.1) is 0 Å². The van der Waals surface area contributed by atoms with Crippen molar-refractivity contribution in [3.05, 3.63) is 0 Å². The van der Waals surface area contributed by atoms with Gasteiger partial charge >= 0.3 is 0 Å². The lowest BCUT2D eigenvalue weighted by Crippen LogP contribution is -2.32. The Morgan fingerprint density at radius 3 is 2.50 bits per heavy atom. The molecule has 0 radical (unpaired) electrons. The van der Waals surface area contributed by atoms with Crippen LogP contribution in [0.15, 0.2) is 10.1 Å². The fourth-order valence-electron chi connectivity index (χ4n) is 0.815. The zero-order chi connectivity index (χ0) is 9.19. The van der Waals surface area contributed by atoms with Crippen molar-refractivity contribution >= 4 is 22.6 Å². The Hall–Kier alpha value is -0.510. The summed E-state index contributed by atoms with van der Waals surface area (Å²) in [6.07, 6.45) is 0. The number of hydrazone groups is 1. The first kappa shape index (κ1) is 9.58. The molecule has 0 saturated heterocycles. The van der Waals surface area contributed by atoms with Crippen LogP contribution < -0.4 is 5.43 Å². The lowest BCUT2D eigenvalue weighted by molar-refractivity contribution is 0.583. The van der Waals surface area contributed by atoms with Crippen molar-refractivity contribution in [2.24, 2.45) is 15.5 Å². The number of nitrogens with zero attached hydrogens (tertiary/aromatic N) is 2. The quantitative estimate of drug-likeness (QED) is 0.623. The highest BCUT2D eigenvalue weighted by molar-refractivity contribution is 8.14. The molecule has 1 rings (SSSR count). The van der Waals surface area contributed by atoms with Gasteiger partial charge in [-0.25, -0.2) is 0 Å². The van der Waals surface area contributed by atoms with Crippen molar-refractivity contribution in [3.8, 4) is 0 Å². The van der Waals surface area contributed by atoms with Crippen LogP contribution in [0.2, 0.25) is 0 Å². The van der Waals surface area contributed by atoms with E-state index in [0.717, 1.165) is 10.9 Å². The number of rotatable bonds is 0. The summed E-state index contributed by atoms with van der Waals surface area (Å²) in [5, 5.41) is 5.17. The molecule has 0 aliphatic carbocycles. The smallest absolute Gasteiger partial charge is 0.177 e. The molecule has 1 heterocycles. The number of aliphatic imine (C=N–C) groups is 1. The van der Waals surface area contributed by atoms with Crippen molar-refractivity contribution in [1.82, 2.24) is 5.43 Å². The molecule has 1 aliphatic heterocycles. The van der Waals surface area contributed by atoms with E-state index in [0.29, 0.717) is 0 Å². The van der Waals surface area contributed by atoms with Crippen molar-refractivity contribution in [2.45, 2.75) is 20.8 Å². The Morgan fingerprint density at radius 1 is 1.50 bits per heavy atom. The van der Waals surface area contributed by atoms with Gasteiger partial charge in [-0.1, -0.05) is 32.5 Å². The van der Waals surface area contributed by atoms with E-state index in [9.17, 15) is 0 Å². The molecule has 0 saturated carbocycles. The van der Waals surface area contributed by atoms with Crippen LogP contribution in [0.4, 0.5) is 0 Å². The average molecular weight is 185 g/mol. The molecule has 0 aromatic heterocycles. The van der Waals surface area contributed by atoms with Crippen LogP contribution >= 0.6 is 11.8 Å². The third kappa shape index (κ3) is 2.24. The predicted octanol–water partition coefficient (Wildman–Crippen LogP) is 1.71. The van der Waals surface area contributed by atoms with Gasteiger partial charge in [0.25, 0.3) is 0 Å². The Labute approximate surface area is 77.7 Å². The molecule has 4 heteroatoms. The lowest BCUT2D eigenvalue weighted by Gasteiger charge is -2.24. The maximum Gasteiger partial charge on any atom is 0.177 e. The third-order valence-electron chi connectivity index (χ3n) is 1.70. The van der Waals surface area contributed by atoms with E-state index in [-0.39, 0.29) is 5.41 Å². The second kappa shape index (κ2) is 3.47. The van der Waals surface area contributed by atoms with Gasteiger partial charge in [0.15, 0.2) is 5.17 Å². The SMILES string of the molecule is CN=C1NN=C(C(C)(C)C)CS1. The van der Waals surface area contributed by atoms with E-state index in [4.69, 9.17) is 0 Å². The predicted molar refractivity (Wildman–Crippen MR) is 55.8 cm³/mol. The number of thioether (sulfide) groups is 1. The number of amidine groups is 1. The maximum atomic E-state index is 4.27. The van der Waals surface area contributed by atoms with Crippen LogP contribution in [0.5, 0.6) is 0 Å². The Morgan fingerprint density at radius 2 is 2.17 bits per heavy atom. The van der Waals surface area contributed by atoms with Crippen LogP contribution in [-0.2, 0) is 0 Å². The standard InChI is InChI=1S/C8H15N3S/c1-8(2,3)6-5-12-7(9-4)11-10-6/h5H2,1-4H3,(H,9,11). The molecule has 0 amide bonds. The van der Waals surface area contributed by atoms with Gasteiger partial charge in [-0.05, 0) is 0 Å². The molecule has 0 fully saturated rings. The summed E-state index contributed by atoms with van der Waals surface area (Å²) in [4.78, 5) is 4.03. The van der Waals surface area contributed by atoms with Gasteiger partial charge in [-0.2, -0.15) is 5.10 Å². The molecular weight excluding hydrogens is 170 g/mol. The van der Waals surface area contributed by atoms with Crippen LogP contribution in [0.25, 0.3) is 0 Å².